The highest BCUT2D eigenvalue weighted by molar-refractivity contribution is 9.10. The van der Waals surface area contributed by atoms with Crippen molar-refractivity contribution in [1.82, 2.24) is 15.5 Å². The Morgan fingerprint density at radius 2 is 2.04 bits per heavy atom. The van der Waals surface area contributed by atoms with Gasteiger partial charge in [-0.2, -0.15) is 0 Å². The highest BCUT2D eigenvalue weighted by Gasteiger charge is 2.22. The summed E-state index contributed by atoms with van der Waals surface area (Å²) in [6.07, 6.45) is 3.65. The van der Waals surface area contributed by atoms with Crippen molar-refractivity contribution in [2.24, 2.45) is 4.99 Å². The van der Waals surface area contributed by atoms with Crippen LogP contribution < -0.4 is 10.6 Å². The molecule has 0 radical (unpaired) electrons. The Labute approximate surface area is 146 Å². The predicted molar refractivity (Wildman–Crippen MR) is 97.4 cm³/mol. The van der Waals surface area contributed by atoms with Crippen LogP contribution in [-0.2, 0) is 11.3 Å². The number of nitrogens with one attached hydrogen (secondary N) is 2. The zero-order valence-electron chi connectivity index (χ0n) is 13.8. The first-order chi connectivity index (χ1) is 11.1. The number of carbonyl (C=O) groups is 1. The van der Waals surface area contributed by atoms with Gasteiger partial charge in [-0.15, -0.1) is 0 Å². The molecule has 1 aliphatic carbocycles. The summed E-state index contributed by atoms with van der Waals surface area (Å²) < 4.78 is 1.08. The minimum absolute atomic E-state index is 0.160. The van der Waals surface area contributed by atoms with Gasteiger partial charge in [0.05, 0.1) is 0 Å². The summed E-state index contributed by atoms with van der Waals surface area (Å²) in [6.45, 7) is 1.53. The monoisotopic (exact) mass is 380 g/mol. The third kappa shape index (κ3) is 6.60. The molecule has 2 N–H and O–H groups in total. The van der Waals surface area contributed by atoms with Gasteiger partial charge in [-0.1, -0.05) is 28.1 Å². The maximum absolute atomic E-state index is 11.6. The van der Waals surface area contributed by atoms with Crippen molar-refractivity contribution < 1.29 is 4.79 Å². The SMILES string of the molecule is CN=C(NCCCC(=O)NC1CC1)N(C)Cc1ccc(Br)cc1. The second kappa shape index (κ2) is 8.91. The highest BCUT2D eigenvalue weighted by atomic mass is 79.9. The number of amides is 1. The molecular weight excluding hydrogens is 356 g/mol. The molecule has 0 atom stereocenters. The summed E-state index contributed by atoms with van der Waals surface area (Å²) in [5.74, 6) is 1.00. The normalized spacial score (nSPS) is 14.5. The molecule has 0 heterocycles. The van der Waals surface area contributed by atoms with Gasteiger partial charge in [0.25, 0.3) is 0 Å². The summed E-state index contributed by atoms with van der Waals surface area (Å²) in [5, 5.41) is 6.32. The lowest BCUT2D eigenvalue weighted by Gasteiger charge is -2.22. The van der Waals surface area contributed by atoms with Crippen molar-refractivity contribution in [3.63, 3.8) is 0 Å². The molecule has 1 aliphatic rings. The molecule has 1 aromatic rings. The summed E-state index contributed by atoms with van der Waals surface area (Å²) in [6, 6.07) is 8.71. The lowest BCUT2D eigenvalue weighted by atomic mass is 10.2. The Hall–Kier alpha value is -1.56. The minimum atomic E-state index is 0.160. The average Bonchev–Trinajstić information content (AvgIpc) is 3.33. The number of nitrogens with zero attached hydrogens (tertiary/aromatic N) is 2. The maximum Gasteiger partial charge on any atom is 0.220 e. The fourth-order valence-corrected chi connectivity index (χ4v) is 2.56. The molecule has 5 nitrogen and oxygen atoms in total. The van der Waals surface area contributed by atoms with Crippen LogP contribution in [0.4, 0.5) is 0 Å². The van der Waals surface area contributed by atoms with Crippen LogP contribution in [0.2, 0.25) is 0 Å². The topological polar surface area (TPSA) is 56.7 Å². The van der Waals surface area contributed by atoms with E-state index in [1.807, 2.05) is 19.2 Å². The van der Waals surface area contributed by atoms with E-state index in [2.05, 4.69) is 48.6 Å². The first-order valence-electron chi connectivity index (χ1n) is 8.04. The molecule has 1 amide bonds. The van der Waals surface area contributed by atoms with Crippen molar-refractivity contribution in [1.29, 1.82) is 0 Å². The number of hydrogen-bond acceptors (Lipinski definition) is 2. The van der Waals surface area contributed by atoms with Crippen LogP contribution in [0.15, 0.2) is 33.7 Å². The number of rotatable bonds is 7. The fraction of sp³-hybridized carbons (Fsp3) is 0.529. The molecule has 2 rings (SSSR count). The molecular formula is C17H25BrN4O. The van der Waals surface area contributed by atoms with E-state index in [4.69, 9.17) is 0 Å². The second-order valence-corrected chi connectivity index (χ2v) is 6.82. The largest absolute Gasteiger partial charge is 0.356 e. The Kier molecular flexibility index (Phi) is 6.89. The smallest absolute Gasteiger partial charge is 0.220 e. The van der Waals surface area contributed by atoms with Crippen LogP contribution >= 0.6 is 15.9 Å². The van der Waals surface area contributed by atoms with Gasteiger partial charge >= 0.3 is 0 Å². The molecule has 1 saturated carbocycles. The molecule has 0 aliphatic heterocycles. The maximum atomic E-state index is 11.6. The van der Waals surface area contributed by atoms with Gasteiger partial charge in [-0.05, 0) is 37.0 Å². The summed E-state index contributed by atoms with van der Waals surface area (Å²) in [5.41, 5.74) is 1.22. The van der Waals surface area contributed by atoms with E-state index in [1.165, 1.54) is 5.56 Å². The Balaban J connectivity index is 1.68. The number of benzene rings is 1. The van der Waals surface area contributed by atoms with Crippen LogP contribution in [-0.4, -0.2) is 43.4 Å². The zero-order valence-corrected chi connectivity index (χ0v) is 15.4. The molecule has 126 valence electrons. The molecule has 1 fully saturated rings. The number of aliphatic imine (C=N–C) groups is 1. The first kappa shape index (κ1) is 17.8. The van der Waals surface area contributed by atoms with E-state index in [0.29, 0.717) is 12.5 Å². The van der Waals surface area contributed by atoms with Gasteiger partial charge in [0.15, 0.2) is 5.96 Å². The predicted octanol–water partition coefficient (Wildman–Crippen LogP) is 2.52. The molecule has 0 spiro atoms. The van der Waals surface area contributed by atoms with E-state index in [0.717, 1.165) is 42.8 Å². The Morgan fingerprint density at radius 1 is 1.35 bits per heavy atom. The van der Waals surface area contributed by atoms with Crippen LogP contribution in [0.1, 0.15) is 31.2 Å². The third-order valence-electron chi connectivity index (χ3n) is 3.71. The highest BCUT2D eigenvalue weighted by Crippen LogP contribution is 2.18. The summed E-state index contributed by atoms with van der Waals surface area (Å²) in [7, 11) is 3.79. The number of carbonyl (C=O) groups excluding carboxylic acids is 1. The van der Waals surface area contributed by atoms with E-state index in [1.54, 1.807) is 7.05 Å². The van der Waals surface area contributed by atoms with Crippen molar-refractivity contribution >= 4 is 27.8 Å². The Morgan fingerprint density at radius 3 is 2.65 bits per heavy atom. The van der Waals surface area contributed by atoms with Crippen LogP contribution in [0.25, 0.3) is 0 Å². The van der Waals surface area contributed by atoms with Crippen LogP contribution in [0, 0.1) is 0 Å². The first-order valence-corrected chi connectivity index (χ1v) is 8.83. The quantitative estimate of drug-likeness (QED) is 0.434. The Bertz CT molecular complexity index is 540. The van der Waals surface area contributed by atoms with E-state index < -0.39 is 0 Å². The van der Waals surface area contributed by atoms with Crippen molar-refractivity contribution in [2.45, 2.75) is 38.3 Å². The van der Waals surface area contributed by atoms with E-state index in [-0.39, 0.29) is 5.91 Å². The van der Waals surface area contributed by atoms with E-state index >= 15 is 0 Å². The van der Waals surface area contributed by atoms with E-state index in [9.17, 15) is 4.79 Å². The molecule has 0 saturated heterocycles. The number of halogens is 1. The van der Waals surface area contributed by atoms with Crippen molar-refractivity contribution in [3.8, 4) is 0 Å². The molecule has 6 heteroatoms. The fourth-order valence-electron chi connectivity index (χ4n) is 2.30. The minimum Gasteiger partial charge on any atom is -0.356 e. The van der Waals surface area contributed by atoms with Gasteiger partial charge in [0, 0.05) is 44.1 Å². The molecule has 0 bridgehead atoms. The average molecular weight is 381 g/mol. The lowest BCUT2D eigenvalue weighted by molar-refractivity contribution is -0.121. The van der Waals surface area contributed by atoms with Gasteiger partial charge in [0.1, 0.15) is 0 Å². The molecule has 0 aromatic heterocycles. The zero-order chi connectivity index (χ0) is 16.7. The van der Waals surface area contributed by atoms with Crippen molar-refractivity contribution in [3.05, 3.63) is 34.3 Å². The number of guanidine groups is 1. The van der Waals surface area contributed by atoms with Gasteiger partial charge in [-0.3, -0.25) is 9.79 Å². The van der Waals surface area contributed by atoms with Crippen LogP contribution in [0.3, 0.4) is 0 Å². The van der Waals surface area contributed by atoms with Gasteiger partial charge < -0.3 is 15.5 Å². The lowest BCUT2D eigenvalue weighted by Crippen LogP contribution is -2.39. The summed E-state index contributed by atoms with van der Waals surface area (Å²) >= 11 is 3.44. The molecule has 1 aromatic carbocycles. The standard InChI is InChI=1S/C17H25BrN4O/c1-19-17(20-11-3-4-16(23)21-15-9-10-15)22(2)12-13-5-7-14(18)8-6-13/h5-8,15H,3-4,9-12H2,1-2H3,(H,19,20)(H,21,23). The van der Waals surface area contributed by atoms with Crippen molar-refractivity contribution in [2.75, 3.05) is 20.6 Å². The third-order valence-corrected chi connectivity index (χ3v) is 4.24. The van der Waals surface area contributed by atoms with Gasteiger partial charge in [-0.25, -0.2) is 0 Å². The second-order valence-electron chi connectivity index (χ2n) is 5.90. The number of hydrogen-bond donors (Lipinski definition) is 2. The van der Waals surface area contributed by atoms with Crippen LogP contribution in [0.5, 0.6) is 0 Å². The molecule has 23 heavy (non-hydrogen) atoms. The summed E-state index contributed by atoms with van der Waals surface area (Å²) in [4.78, 5) is 18.0. The molecule has 0 unspecified atom stereocenters. The van der Waals surface area contributed by atoms with Gasteiger partial charge in [0.2, 0.25) is 5.91 Å².